The van der Waals surface area contributed by atoms with Crippen molar-refractivity contribution in [2.24, 2.45) is 0 Å². The Kier molecular flexibility index (Phi) is 7.19. The number of nitrogens with one attached hydrogen (secondary N) is 1. The lowest BCUT2D eigenvalue weighted by Crippen LogP contribution is -2.33. The van der Waals surface area contributed by atoms with E-state index in [9.17, 15) is 15.3 Å². The molecule has 11 heteroatoms. The Labute approximate surface area is 213 Å². The Morgan fingerprint density at radius 2 is 1.76 bits per heavy atom. The van der Waals surface area contributed by atoms with Crippen molar-refractivity contribution in [2.75, 3.05) is 32.7 Å². The topological polar surface area (TPSA) is 144 Å². The third kappa shape index (κ3) is 4.81. The van der Waals surface area contributed by atoms with Crippen molar-refractivity contribution in [1.82, 2.24) is 19.5 Å². The zero-order valence-electron chi connectivity index (χ0n) is 20.5. The Morgan fingerprint density at radius 1 is 1.00 bits per heavy atom. The quantitative estimate of drug-likeness (QED) is 0.265. The van der Waals surface area contributed by atoms with Crippen LogP contribution < -0.4 is 14.8 Å². The molecule has 5 rings (SSSR count). The number of benzene rings is 2. The molecule has 11 nitrogen and oxygen atoms in total. The molecule has 0 radical (unpaired) electrons. The molecule has 0 saturated carbocycles. The molecule has 37 heavy (non-hydrogen) atoms. The molecule has 2 aromatic heterocycles. The predicted molar refractivity (Wildman–Crippen MR) is 136 cm³/mol. The summed E-state index contributed by atoms with van der Waals surface area (Å²) in [5, 5.41) is 33.2. The SMILES string of the molecule is COc1cc(OC)cc(-c2ccccc2CCNc2ncnc3c2ncn3[C@@H]2O[C@H](CO)[C@@H](O)[C@H]2O)c1. The Bertz CT molecular complexity index is 1360. The summed E-state index contributed by atoms with van der Waals surface area (Å²) in [6.07, 6.45) is -0.662. The van der Waals surface area contributed by atoms with Gasteiger partial charge < -0.3 is 34.8 Å². The molecule has 0 amide bonds. The van der Waals surface area contributed by atoms with Gasteiger partial charge in [-0.1, -0.05) is 24.3 Å². The standard InChI is InChI=1S/C26H29N5O6/c1-35-17-9-16(10-18(11-17)36-2)19-6-4-3-5-15(19)7-8-27-24-21-25(29-13-28-24)31(14-30-21)26-23(34)22(33)20(12-32)37-26/h3-6,9-11,13-14,20,22-23,26,32-34H,7-8,12H2,1-2H3,(H,27,28,29)/t20-,22-,23-,26-/m1/s1. The molecule has 4 N–H and O–H groups in total. The molecular formula is C26H29N5O6. The second-order valence-electron chi connectivity index (χ2n) is 8.71. The number of hydrogen-bond acceptors (Lipinski definition) is 10. The number of fused-ring (bicyclic) bond motifs is 1. The molecule has 0 spiro atoms. The lowest BCUT2D eigenvalue weighted by molar-refractivity contribution is -0.0511. The first kappa shape index (κ1) is 24.9. The highest BCUT2D eigenvalue weighted by Crippen LogP contribution is 2.33. The fourth-order valence-corrected chi connectivity index (χ4v) is 4.58. The van der Waals surface area contributed by atoms with Crippen molar-refractivity contribution in [3.8, 4) is 22.6 Å². The van der Waals surface area contributed by atoms with Gasteiger partial charge in [0.1, 0.15) is 36.1 Å². The van der Waals surface area contributed by atoms with Crippen LogP contribution in [0.4, 0.5) is 5.82 Å². The summed E-state index contributed by atoms with van der Waals surface area (Å²) < 4.78 is 18.0. The first-order valence-electron chi connectivity index (χ1n) is 11.9. The van der Waals surface area contributed by atoms with E-state index < -0.39 is 31.1 Å². The van der Waals surface area contributed by atoms with Crippen LogP contribution in [-0.4, -0.2) is 80.5 Å². The average Bonchev–Trinajstić information content (AvgIpc) is 3.49. The highest BCUT2D eigenvalue weighted by atomic mass is 16.6. The van der Waals surface area contributed by atoms with Crippen molar-refractivity contribution < 1.29 is 29.5 Å². The number of ether oxygens (including phenoxy) is 3. The van der Waals surface area contributed by atoms with Crippen LogP contribution in [0.5, 0.6) is 11.5 Å². The van der Waals surface area contributed by atoms with Gasteiger partial charge in [0.05, 0.1) is 27.2 Å². The van der Waals surface area contributed by atoms with Crippen LogP contribution >= 0.6 is 0 Å². The first-order valence-corrected chi connectivity index (χ1v) is 11.9. The Hall–Kier alpha value is -3.77. The van der Waals surface area contributed by atoms with Crippen LogP contribution in [-0.2, 0) is 11.2 Å². The van der Waals surface area contributed by atoms with E-state index in [1.807, 2.05) is 30.3 Å². The number of aromatic nitrogens is 4. The lowest BCUT2D eigenvalue weighted by atomic mass is 9.97. The third-order valence-electron chi connectivity index (χ3n) is 6.52. The van der Waals surface area contributed by atoms with Gasteiger partial charge in [0.2, 0.25) is 0 Å². The van der Waals surface area contributed by atoms with Gasteiger partial charge in [-0.25, -0.2) is 15.0 Å². The molecular weight excluding hydrogens is 478 g/mol. The second-order valence-corrected chi connectivity index (χ2v) is 8.71. The van der Waals surface area contributed by atoms with E-state index in [-0.39, 0.29) is 0 Å². The van der Waals surface area contributed by atoms with Crippen LogP contribution in [0.2, 0.25) is 0 Å². The molecule has 194 valence electrons. The Morgan fingerprint density at radius 3 is 2.46 bits per heavy atom. The average molecular weight is 508 g/mol. The summed E-state index contributed by atoms with van der Waals surface area (Å²) in [6.45, 7) is 0.165. The van der Waals surface area contributed by atoms with Gasteiger partial charge in [0.15, 0.2) is 23.2 Å². The normalized spacial score (nSPS) is 21.3. The Balaban J connectivity index is 1.35. The number of hydrogen-bond donors (Lipinski definition) is 4. The molecule has 1 fully saturated rings. The zero-order valence-corrected chi connectivity index (χ0v) is 20.5. The van der Waals surface area contributed by atoms with Crippen LogP contribution in [0.25, 0.3) is 22.3 Å². The van der Waals surface area contributed by atoms with Crippen molar-refractivity contribution in [2.45, 2.75) is 31.0 Å². The van der Waals surface area contributed by atoms with E-state index in [4.69, 9.17) is 14.2 Å². The second kappa shape index (κ2) is 10.7. The maximum absolute atomic E-state index is 10.4. The highest BCUT2D eigenvalue weighted by molar-refractivity contribution is 5.82. The molecule has 0 unspecified atom stereocenters. The van der Waals surface area contributed by atoms with Crippen molar-refractivity contribution in [3.05, 3.63) is 60.7 Å². The van der Waals surface area contributed by atoms with Gasteiger partial charge in [0, 0.05) is 12.6 Å². The minimum Gasteiger partial charge on any atom is -0.497 e. The maximum atomic E-state index is 10.4. The number of methoxy groups -OCH3 is 2. The number of aliphatic hydroxyl groups is 3. The molecule has 3 heterocycles. The lowest BCUT2D eigenvalue weighted by Gasteiger charge is -2.16. The van der Waals surface area contributed by atoms with E-state index in [1.54, 1.807) is 14.2 Å². The minimum absolute atomic E-state index is 0.410. The number of imidazole rings is 1. The molecule has 4 aromatic rings. The van der Waals surface area contributed by atoms with E-state index in [0.717, 1.165) is 28.2 Å². The maximum Gasteiger partial charge on any atom is 0.167 e. The van der Waals surface area contributed by atoms with Crippen LogP contribution in [0, 0.1) is 0 Å². The number of anilines is 1. The van der Waals surface area contributed by atoms with Crippen molar-refractivity contribution in [3.63, 3.8) is 0 Å². The summed E-state index contributed by atoms with van der Waals surface area (Å²) in [4.78, 5) is 13.1. The third-order valence-corrected chi connectivity index (χ3v) is 6.52. The number of nitrogens with zero attached hydrogens (tertiary/aromatic N) is 4. The predicted octanol–water partition coefficient (Wildman–Crippen LogP) is 1.78. The van der Waals surface area contributed by atoms with E-state index in [1.165, 1.54) is 17.2 Å². The molecule has 1 aliphatic rings. The summed E-state index contributed by atoms with van der Waals surface area (Å²) in [7, 11) is 3.26. The molecule has 1 aliphatic heterocycles. The zero-order chi connectivity index (χ0) is 25.9. The van der Waals surface area contributed by atoms with Crippen molar-refractivity contribution in [1.29, 1.82) is 0 Å². The molecule has 0 aliphatic carbocycles. The monoisotopic (exact) mass is 507 g/mol. The van der Waals surface area contributed by atoms with Gasteiger partial charge in [-0.15, -0.1) is 0 Å². The minimum atomic E-state index is -1.23. The number of rotatable bonds is 9. The molecule has 0 bridgehead atoms. The van der Waals surface area contributed by atoms with Crippen LogP contribution in [0.1, 0.15) is 11.8 Å². The van der Waals surface area contributed by atoms with Gasteiger partial charge in [0.25, 0.3) is 0 Å². The van der Waals surface area contributed by atoms with Crippen LogP contribution in [0.15, 0.2) is 55.1 Å². The van der Waals surface area contributed by atoms with E-state index in [2.05, 4.69) is 32.4 Å². The molecule has 4 atom stereocenters. The summed E-state index contributed by atoms with van der Waals surface area (Å²) in [5.41, 5.74) is 4.14. The van der Waals surface area contributed by atoms with Gasteiger partial charge >= 0.3 is 0 Å². The van der Waals surface area contributed by atoms with Gasteiger partial charge in [-0.2, -0.15) is 0 Å². The summed E-state index contributed by atoms with van der Waals surface area (Å²) >= 11 is 0. The van der Waals surface area contributed by atoms with Gasteiger partial charge in [-0.3, -0.25) is 4.57 Å². The van der Waals surface area contributed by atoms with Gasteiger partial charge in [-0.05, 0) is 35.2 Å². The van der Waals surface area contributed by atoms with E-state index >= 15 is 0 Å². The summed E-state index contributed by atoms with van der Waals surface area (Å²) in [5.74, 6) is 1.97. The number of aliphatic hydroxyl groups excluding tert-OH is 3. The smallest absolute Gasteiger partial charge is 0.167 e. The fraction of sp³-hybridized carbons (Fsp3) is 0.346. The molecule has 2 aromatic carbocycles. The fourth-order valence-electron chi connectivity index (χ4n) is 4.58. The van der Waals surface area contributed by atoms with E-state index in [0.29, 0.717) is 29.9 Å². The first-order chi connectivity index (χ1) is 18.0. The van der Waals surface area contributed by atoms with Crippen LogP contribution in [0.3, 0.4) is 0 Å². The largest absolute Gasteiger partial charge is 0.497 e. The highest BCUT2D eigenvalue weighted by Gasteiger charge is 2.44. The summed E-state index contributed by atoms with van der Waals surface area (Å²) in [6, 6.07) is 13.9. The van der Waals surface area contributed by atoms with Crippen molar-refractivity contribution >= 4 is 17.0 Å². The molecule has 1 saturated heterocycles.